The number of para-hydroxylation sites is 1. The SMILES string of the molecule is O=C(O)c1nc(Nc2ccccc2)ncc1Cl. The van der Waals surface area contributed by atoms with Crippen molar-refractivity contribution in [2.75, 3.05) is 5.32 Å². The number of benzene rings is 1. The van der Waals surface area contributed by atoms with Crippen molar-refractivity contribution in [3.8, 4) is 0 Å². The van der Waals surface area contributed by atoms with E-state index in [4.69, 9.17) is 16.7 Å². The molecule has 0 aliphatic carbocycles. The minimum Gasteiger partial charge on any atom is -0.476 e. The van der Waals surface area contributed by atoms with Gasteiger partial charge in [-0.3, -0.25) is 0 Å². The van der Waals surface area contributed by atoms with E-state index in [9.17, 15) is 4.79 Å². The van der Waals surface area contributed by atoms with Gasteiger partial charge in [0.2, 0.25) is 5.95 Å². The van der Waals surface area contributed by atoms with Crippen LogP contribution >= 0.6 is 11.6 Å². The van der Waals surface area contributed by atoms with Crippen LogP contribution < -0.4 is 5.32 Å². The Balaban J connectivity index is 2.29. The van der Waals surface area contributed by atoms with Gasteiger partial charge in [-0.1, -0.05) is 29.8 Å². The normalized spacial score (nSPS) is 9.94. The van der Waals surface area contributed by atoms with Crippen LogP contribution in [-0.2, 0) is 0 Å². The molecule has 0 aliphatic rings. The van der Waals surface area contributed by atoms with Gasteiger partial charge in [-0.25, -0.2) is 14.8 Å². The molecule has 17 heavy (non-hydrogen) atoms. The van der Waals surface area contributed by atoms with Crippen molar-refractivity contribution in [1.82, 2.24) is 9.97 Å². The molecule has 0 spiro atoms. The molecule has 0 amide bonds. The minimum absolute atomic E-state index is 0.0103. The van der Waals surface area contributed by atoms with Crippen molar-refractivity contribution in [3.05, 3.63) is 47.2 Å². The molecule has 6 heteroatoms. The van der Waals surface area contributed by atoms with Gasteiger partial charge in [-0.2, -0.15) is 0 Å². The fourth-order valence-electron chi connectivity index (χ4n) is 1.23. The Morgan fingerprint density at radius 1 is 1.29 bits per heavy atom. The van der Waals surface area contributed by atoms with Gasteiger partial charge in [-0.15, -0.1) is 0 Å². The Morgan fingerprint density at radius 2 is 2.00 bits per heavy atom. The predicted octanol–water partition coefficient (Wildman–Crippen LogP) is 2.57. The number of carbonyl (C=O) groups is 1. The topological polar surface area (TPSA) is 75.1 Å². The number of aromatic carboxylic acids is 1. The first-order valence-corrected chi connectivity index (χ1v) is 5.12. The first kappa shape index (κ1) is 11.3. The highest BCUT2D eigenvalue weighted by molar-refractivity contribution is 6.33. The lowest BCUT2D eigenvalue weighted by atomic mass is 10.3. The highest BCUT2D eigenvalue weighted by Crippen LogP contribution is 2.17. The molecule has 5 nitrogen and oxygen atoms in total. The summed E-state index contributed by atoms with van der Waals surface area (Å²) < 4.78 is 0. The van der Waals surface area contributed by atoms with E-state index in [0.29, 0.717) is 0 Å². The molecule has 2 rings (SSSR count). The molecule has 0 atom stereocenters. The minimum atomic E-state index is -1.19. The summed E-state index contributed by atoms with van der Waals surface area (Å²) in [5.41, 5.74) is 0.547. The van der Waals surface area contributed by atoms with Gasteiger partial charge in [0.1, 0.15) is 0 Å². The first-order valence-electron chi connectivity index (χ1n) is 4.75. The summed E-state index contributed by atoms with van der Waals surface area (Å²) >= 11 is 5.66. The maximum Gasteiger partial charge on any atom is 0.356 e. The summed E-state index contributed by atoms with van der Waals surface area (Å²) in [4.78, 5) is 18.5. The third-order valence-electron chi connectivity index (χ3n) is 1.98. The van der Waals surface area contributed by atoms with Crippen molar-refractivity contribution < 1.29 is 9.90 Å². The summed E-state index contributed by atoms with van der Waals surface area (Å²) in [6, 6.07) is 9.19. The van der Waals surface area contributed by atoms with Crippen LogP contribution in [0.4, 0.5) is 11.6 Å². The Labute approximate surface area is 102 Å². The number of nitrogens with zero attached hydrogens (tertiary/aromatic N) is 2. The molecule has 1 heterocycles. The number of anilines is 2. The third-order valence-corrected chi connectivity index (χ3v) is 2.25. The van der Waals surface area contributed by atoms with E-state index in [2.05, 4.69) is 15.3 Å². The smallest absolute Gasteiger partial charge is 0.356 e. The van der Waals surface area contributed by atoms with Crippen molar-refractivity contribution in [2.45, 2.75) is 0 Å². The van der Waals surface area contributed by atoms with Gasteiger partial charge in [-0.05, 0) is 12.1 Å². The predicted molar refractivity (Wildman–Crippen MR) is 63.7 cm³/mol. The monoisotopic (exact) mass is 249 g/mol. The van der Waals surface area contributed by atoms with E-state index >= 15 is 0 Å². The molecule has 0 aliphatic heterocycles. The molecule has 0 bridgehead atoms. The van der Waals surface area contributed by atoms with Crippen LogP contribution in [-0.4, -0.2) is 21.0 Å². The summed E-state index contributed by atoms with van der Waals surface area (Å²) in [7, 11) is 0. The van der Waals surface area contributed by atoms with Crippen molar-refractivity contribution in [2.24, 2.45) is 0 Å². The molecule has 86 valence electrons. The van der Waals surface area contributed by atoms with Crippen LogP contribution in [0.25, 0.3) is 0 Å². The van der Waals surface area contributed by atoms with E-state index in [1.165, 1.54) is 6.20 Å². The maximum atomic E-state index is 10.8. The van der Waals surface area contributed by atoms with Crippen molar-refractivity contribution in [1.29, 1.82) is 0 Å². The van der Waals surface area contributed by atoms with Crippen LogP contribution in [0.1, 0.15) is 10.5 Å². The fraction of sp³-hybridized carbons (Fsp3) is 0. The van der Waals surface area contributed by atoms with Gasteiger partial charge in [0.05, 0.1) is 11.2 Å². The summed E-state index contributed by atoms with van der Waals surface area (Å²) in [5, 5.41) is 11.7. The second-order valence-corrected chi connectivity index (χ2v) is 3.59. The average molecular weight is 250 g/mol. The number of carboxylic acid groups (broad SMARTS) is 1. The molecule has 0 fully saturated rings. The van der Waals surface area contributed by atoms with Crippen LogP contribution in [0.15, 0.2) is 36.5 Å². The number of aromatic nitrogens is 2. The molecular formula is C11H8ClN3O2. The largest absolute Gasteiger partial charge is 0.476 e. The van der Waals surface area contributed by atoms with E-state index < -0.39 is 5.97 Å². The molecule has 1 aromatic heterocycles. The van der Waals surface area contributed by atoms with Gasteiger partial charge in [0.15, 0.2) is 5.69 Å². The van der Waals surface area contributed by atoms with Crippen molar-refractivity contribution in [3.63, 3.8) is 0 Å². The molecule has 1 aromatic carbocycles. The Kier molecular flexibility index (Phi) is 3.20. The van der Waals surface area contributed by atoms with Crippen LogP contribution in [0.2, 0.25) is 5.02 Å². The van der Waals surface area contributed by atoms with Gasteiger partial charge in [0, 0.05) is 5.69 Å². The fourth-order valence-corrected chi connectivity index (χ4v) is 1.40. The van der Waals surface area contributed by atoms with Crippen LogP contribution in [0.3, 0.4) is 0 Å². The number of hydrogen-bond acceptors (Lipinski definition) is 4. The van der Waals surface area contributed by atoms with Gasteiger partial charge < -0.3 is 10.4 Å². The molecule has 0 saturated carbocycles. The van der Waals surface area contributed by atoms with Crippen LogP contribution in [0.5, 0.6) is 0 Å². The van der Waals surface area contributed by atoms with E-state index in [1.807, 2.05) is 30.3 Å². The van der Waals surface area contributed by atoms with Crippen LogP contribution in [0, 0.1) is 0 Å². The summed E-state index contributed by atoms with van der Waals surface area (Å²) in [6.07, 6.45) is 1.25. The zero-order valence-electron chi connectivity index (χ0n) is 8.59. The second-order valence-electron chi connectivity index (χ2n) is 3.19. The van der Waals surface area contributed by atoms with E-state index in [1.54, 1.807) is 0 Å². The van der Waals surface area contributed by atoms with Gasteiger partial charge in [0.25, 0.3) is 0 Å². The standard InChI is InChI=1S/C11H8ClN3O2/c12-8-6-13-11(15-9(8)10(16)17)14-7-4-2-1-3-5-7/h1-6H,(H,16,17)(H,13,14,15). The maximum absolute atomic E-state index is 10.8. The highest BCUT2D eigenvalue weighted by Gasteiger charge is 2.12. The number of halogens is 1. The quantitative estimate of drug-likeness (QED) is 0.874. The zero-order chi connectivity index (χ0) is 12.3. The molecule has 0 radical (unpaired) electrons. The van der Waals surface area contributed by atoms with E-state index in [-0.39, 0.29) is 16.7 Å². The number of hydrogen-bond donors (Lipinski definition) is 2. The number of carboxylic acids is 1. The van der Waals surface area contributed by atoms with E-state index in [0.717, 1.165) is 5.69 Å². The summed E-state index contributed by atoms with van der Waals surface area (Å²) in [5.74, 6) is -0.994. The molecule has 2 N–H and O–H groups in total. The second kappa shape index (κ2) is 4.80. The third kappa shape index (κ3) is 2.70. The van der Waals surface area contributed by atoms with Crippen molar-refractivity contribution >= 4 is 29.2 Å². The average Bonchev–Trinajstić information content (AvgIpc) is 2.32. The van der Waals surface area contributed by atoms with Gasteiger partial charge >= 0.3 is 5.97 Å². The Bertz CT molecular complexity index is 546. The Morgan fingerprint density at radius 3 is 2.65 bits per heavy atom. The molecule has 0 saturated heterocycles. The lowest BCUT2D eigenvalue weighted by molar-refractivity contribution is 0.0690. The molecular weight excluding hydrogens is 242 g/mol. The lowest BCUT2D eigenvalue weighted by Gasteiger charge is -2.05. The first-order chi connectivity index (χ1) is 8.16. The zero-order valence-corrected chi connectivity index (χ0v) is 9.35. The molecule has 0 unspecified atom stereocenters. The molecule has 2 aromatic rings. The Hall–Kier alpha value is -2.14. The number of rotatable bonds is 3. The number of nitrogens with one attached hydrogen (secondary N) is 1. The highest BCUT2D eigenvalue weighted by atomic mass is 35.5. The lowest BCUT2D eigenvalue weighted by Crippen LogP contribution is -2.05. The summed E-state index contributed by atoms with van der Waals surface area (Å²) in [6.45, 7) is 0.